The van der Waals surface area contributed by atoms with E-state index in [9.17, 15) is 4.79 Å². The minimum atomic E-state index is 0.349. The molecule has 0 aromatic carbocycles. The average Bonchev–Trinajstić information content (AvgIpc) is 3.26. The summed E-state index contributed by atoms with van der Waals surface area (Å²) in [5, 5.41) is 0. The Kier molecular flexibility index (Phi) is 48.9. The van der Waals surface area contributed by atoms with Crippen LogP contribution in [0.2, 0.25) is 0 Å². The molecule has 0 saturated heterocycles. The molecule has 4 nitrogen and oxygen atoms in total. The molecule has 0 aromatic rings. The van der Waals surface area contributed by atoms with Crippen LogP contribution in [0.5, 0.6) is 0 Å². The van der Waals surface area contributed by atoms with Crippen molar-refractivity contribution in [2.45, 2.75) is 297 Å². The number of allylic oxidation sites excluding steroid dienone is 1. The van der Waals surface area contributed by atoms with Crippen molar-refractivity contribution in [2.75, 3.05) is 46.9 Å². The van der Waals surface area contributed by atoms with Gasteiger partial charge in [0.05, 0.1) is 12.4 Å². The second-order valence-electron chi connectivity index (χ2n) is 20.4. The van der Waals surface area contributed by atoms with Crippen molar-refractivity contribution >= 4 is 5.78 Å². The number of carbonyl (C=O) groups excluding carboxylic acids is 1. The minimum absolute atomic E-state index is 0.349. The Balaban J connectivity index is 4.17. The van der Waals surface area contributed by atoms with Gasteiger partial charge in [0.2, 0.25) is 0 Å². The van der Waals surface area contributed by atoms with Crippen molar-refractivity contribution in [3.05, 3.63) is 12.3 Å². The van der Waals surface area contributed by atoms with Crippen molar-refractivity contribution < 1.29 is 9.53 Å². The van der Waals surface area contributed by atoms with E-state index in [0.29, 0.717) is 17.6 Å². The number of hydrogen-bond donors (Lipinski definition) is 0. The Labute approximate surface area is 392 Å². The molecular formula is C58H116N2O2. The highest BCUT2D eigenvalue weighted by molar-refractivity contribution is 5.80. The molecule has 0 rings (SSSR count). The molecule has 0 spiro atoms. The van der Waals surface area contributed by atoms with Crippen LogP contribution in [-0.2, 0) is 9.53 Å². The maximum absolute atomic E-state index is 13.2. The molecule has 0 saturated carbocycles. The Bertz CT molecular complexity index is 904. The van der Waals surface area contributed by atoms with E-state index < -0.39 is 0 Å². The molecule has 4 heteroatoms. The molecule has 0 fully saturated rings. The molecule has 2 unspecified atom stereocenters. The zero-order valence-corrected chi connectivity index (χ0v) is 43.8. The van der Waals surface area contributed by atoms with E-state index in [0.717, 1.165) is 38.0 Å². The van der Waals surface area contributed by atoms with Crippen molar-refractivity contribution in [1.82, 2.24) is 9.80 Å². The first kappa shape index (κ1) is 61.1. The van der Waals surface area contributed by atoms with E-state index in [1.165, 1.54) is 270 Å². The van der Waals surface area contributed by atoms with Crippen LogP contribution in [0, 0.1) is 11.8 Å². The predicted molar refractivity (Wildman–Crippen MR) is 279 cm³/mol. The van der Waals surface area contributed by atoms with Gasteiger partial charge in [-0.25, -0.2) is 0 Å². The van der Waals surface area contributed by atoms with Gasteiger partial charge in [-0.3, -0.25) is 4.79 Å². The van der Waals surface area contributed by atoms with Crippen LogP contribution in [0.4, 0.5) is 0 Å². The quantitative estimate of drug-likeness (QED) is 0.0450. The van der Waals surface area contributed by atoms with E-state index in [2.05, 4.69) is 58.2 Å². The SMILES string of the molecule is C=C(OCCCCCCCCCN(CCCCCCCCCCCC(=O)C(CCCCCC)CCCCCCCC)CCCN(C)C)C(CCCCCC)CCCCCCCC. The Morgan fingerprint density at radius 3 is 1.13 bits per heavy atom. The fourth-order valence-electron chi connectivity index (χ4n) is 9.57. The van der Waals surface area contributed by atoms with Gasteiger partial charge in [0.25, 0.3) is 0 Å². The van der Waals surface area contributed by atoms with E-state index in [1.807, 2.05) is 0 Å². The first-order valence-corrected chi connectivity index (χ1v) is 28.6. The van der Waals surface area contributed by atoms with Crippen molar-refractivity contribution in [1.29, 1.82) is 0 Å². The number of hydrogen-bond acceptors (Lipinski definition) is 4. The summed E-state index contributed by atoms with van der Waals surface area (Å²) in [4.78, 5) is 18.3. The van der Waals surface area contributed by atoms with Crippen LogP contribution in [0.25, 0.3) is 0 Å². The number of ketones is 1. The Hall–Kier alpha value is -0.870. The van der Waals surface area contributed by atoms with Crippen LogP contribution in [0.15, 0.2) is 12.3 Å². The third-order valence-corrected chi connectivity index (χ3v) is 13.9. The van der Waals surface area contributed by atoms with Gasteiger partial charge >= 0.3 is 0 Å². The summed E-state index contributed by atoms with van der Waals surface area (Å²) in [5.41, 5.74) is 0. The van der Waals surface area contributed by atoms with Crippen molar-refractivity contribution in [3.63, 3.8) is 0 Å². The summed E-state index contributed by atoms with van der Waals surface area (Å²) in [6, 6.07) is 0. The van der Waals surface area contributed by atoms with Gasteiger partial charge in [0.15, 0.2) is 0 Å². The number of unbranched alkanes of at least 4 members (excludes halogenated alkanes) is 30. The molecule has 370 valence electrons. The van der Waals surface area contributed by atoms with Crippen LogP contribution in [-0.4, -0.2) is 62.5 Å². The largest absolute Gasteiger partial charge is 0.498 e. The normalized spacial score (nSPS) is 12.8. The molecule has 0 radical (unpaired) electrons. The van der Waals surface area contributed by atoms with Gasteiger partial charge in [0, 0.05) is 18.3 Å². The van der Waals surface area contributed by atoms with Gasteiger partial charge in [-0.15, -0.1) is 0 Å². The number of nitrogens with zero attached hydrogens (tertiary/aromatic N) is 2. The van der Waals surface area contributed by atoms with E-state index in [1.54, 1.807) is 0 Å². The molecule has 2 atom stereocenters. The van der Waals surface area contributed by atoms with Crippen molar-refractivity contribution in [3.8, 4) is 0 Å². The minimum Gasteiger partial charge on any atom is -0.498 e. The third kappa shape index (κ3) is 43.0. The molecule has 0 N–H and O–H groups in total. The van der Waals surface area contributed by atoms with Gasteiger partial charge < -0.3 is 14.5 Å². The summed E-state index contributed by atoms with van der Waals surface area (Å²) in [6.07, 6.45) is 54.9. The maximum Gasteiger partial charge on any atom is 0.135 e. The van der Waals surface area contributed by atoms with Gasteiger partial charge in [-0.05, 0) is 98.1 Å². The number of carbonyl (C=O) groups is 1. The number of Topliss-reactive ketones (excluding diaryl/α,β-unsaturated/α-hetero) is 1. The lowest BCUT2D eigenvalue weighted by Crippen LogP contribution is -2.29. The van der Waals surface area contributed by atoms with Crippen molar-refractivity contribution in [2.24, 2.45) is 11.8 Å². The standard InChI is InChI=1S/C58H116N2O2/c1-8-12-16-20-30-38-46-56(45-36-18-14-10-3)55(5)62-54-43-35-29-25-28-34-42-52-60(53-44-50-59(6)7)51-41-33-27-24-22-23-26-32-40-49-58(61)57(47-37-19-15-11-4)48-39-31-21-17-13-9-2/h56-57H,5,8-54H2,1-4,6-7H3. The molecule has 0 bridgehead atoms. The van der Waals surface area contributed by atoms with E-state index >= 15 is 0 Å². The molecule has 0 aliphatic rings. The molecule has 0 heterocycles. The van der Waals surface area contributed by atoms with Crippen LogP contribution >= 0.6 is 0 Å². The lowest BCUT2D eigenvalue weighted by molar-refractivity contribution is -0.123. The van der Waals surface area contributed by atoms with Crippen LogP contribution in [0.3, 0.4) is 0 Å². The second-order valence-corrected chi connectivity index (χ2v) is 20.4. The zero-order valence-electron chi connectivity index (χ0n) is 43.8. The van der Waals surface area contributed by atoms with Crippen LogP contribution < -0.4 is 0 Å². The Morgan fingerprint density at radius 1 is 0.387 bits per heavy atom. The highest BCUT2D eigenvalue weighted by Crippen LogP contribution is 2.26. The lowest BCUT2D eigenvalue weighted by Gasteiger charge is -2.23. The summed E-state index contributed by atoms with van der Waals surface area (Å²) < 4.78 is 6.28. The van der Waals surface area contributed by atoms with Crippen LogP contribution in [0.1, 0.15) is 297 Å². The molecule has 0 aliphatic carbocycles. The molecule has 0 aliphatic heterocycles. The summed E-state index contributed by atoms with van der Waals surface area (Å²) in [5.74, 6) is 2.60. The average molecular weight is 874 g/mol. The van der Waals surface area contributed by atoms with E-state index in [-0.39, 0.29) is 0 Å². The molecule has 62 heavy (non-hydrogen) atoms. The van der Waals surface area contributed by atoms with Gasteiger partial charge in [-0.1, -0.05) is 240 Å². The predicted octanol–water partition coefficient (Wildman–Crippen LogP) is 18.6. The summed E-state index contributed by atoms with van der Waals surface area (Å²) in [6.45, 7) is 19.5. The van der Waals surface area contributed by atoms with Gasteiger partial charge in [0.1, 0.15) is 5.78 Å². The fraction of sp³-hybridized carbons (Fsp3) is 0.948. The molecular weight excluding hydrogens is 757 g/mol. The number of rotatable bonds is 53. The topological polar surface area (TPSA) is 32.8 Å². The highest BCUT2D eigenvalue weighted by Gasteiger charge is 2.18. The third-order valence-electron chi connectivity index (χ3n) is 13.9. The smallest absolute Gasteiger partial charge is 0.135 e. The second kappa shape index (κ2) is 49.6. The monoisotopic (exact) mass is 873 g/mol. The Morgan fingerprint density at radius 2 is 0.710 bits per heavy atom. The first-order valence-electron chi connectivity index (χ1n) is 28.6. The zero-order chi connectivity index (χ0) is 45.4. The summed E-state index contributed by atoms with van der Waals surface area (Å²) >= 11 is 0. The fourth-order valence-corrected chi connectivity index (χ4v) is 9.57. The highest BCUT2D eigenvalue weighted by atomic mass is 16.5. The number of ether oxygens (including phenoxy) is 1. The lowest BCUT2D eigenvalue weighted by atomic mass is 9.88. The summed E-state index contributed by atoms with van der Waals surface area (Å²) in [7, 11) is 4.42. The molecule has 0 amide bonds. The maximum atomic E-state index is 13.2. The first-order chi connectivity index (χ1) is 30.4. The molecule has 0 aromatic heterocycles. The van der Waals surface area contributed by atoms with Gasteiger partial charge in [-0.2, -0.15) is 0 Å². The van der Waals surface area contributed by atoms with E-state index in [4.69, 9.17) is 4.74 Å².